The molecule has 0 aliphatic heterocycles. The van der Waals surface area contributed by atoms with Gasteiger partial charge < -0.3 is 9.72 Å². The van der Waals surface area contributed by atoms with Crippen LogP contribution in [0.15, 0.2) is 18.3 Å². The third-order valence-corrected chi connectivity index (χ3v) is 3.29. The summed E-state index contributed by atoms with van der Waals surface area (Å²) in [6, 6.07) is 4.12. The second kappa shape index (κ2) is 8.06. The summed E-state index contributed by atoms with van der Waals surface area (Å²) in [6.45, 7) is 6.24. The number of methoxy groups -OCH3 is 1. The lowest BCUT2D eigenvalue weighted by Crippen LogP contribution is -2.40. The van der Waals surface area contributed by atoms with E-state index in [1.807, 2.05) is 12.1 Å². The van der Waals surface area contributed by atoms with E-state index in [2.05, 4.69) is 23.7 Å². The number of nitrogens with one attached hydrogen (secondary N) is 1. The van der Waals surface area contributed by atoms with Gasteiger partial charge in [-0.1, -0.05) is 13.8 Å². The Bertz CT molecular complexity index is 332. The Morgan fingerprint density at radius 3 is 2.67 bits per heavy atom. The summed E-state index contributed by atoms with van der Waals surface area (Å²) in [7, 11) is 1.69. The lowest BCUT2D eigenvalue weighted by Gasteiger charge is -2.29. The topological polar surface area (TPSA) is 45.3 Å². The lowest BCUT2D eigenvalue weighted by atomic mass is 10.1. The van der Waals surface area contributed by atoms with Crippen molar-refractivity contribution < 1.29 is 9.53 Å². The molecule has 0 bridgehead atoms. The van der Waals surface area contributed by atoms with Crippen molar-refractivity contribution in [2.24, 2.45) is 0 Å². The van der Waals surface area contributed by atoms with Gasteiger partial charge in [0.2, 0.25) is 0 Å². The second-order valence-corrected chi connectivity index (χ2v) is 4.44. The van der Waals surface area contributed by atoms with Crippen LogP contribution in [0.25, 0.3) is 0 Å². The van der Waals surface area contributed by atoms with Crippen molar-refractivity contribution in [2.75, 3.05) is 26.8 Å². The van der Waals surface area contributed by atoms with E-state index >= 15 is 0 Å². The Balaban J connectivity index is 2.62. The quantitative estimate of drug-likeness (QED) is 0.686. The minimum atomic E-state index is 0.142. The predicted molar refractivity (Wildman–Crippen MR) is 72.9 cm³/mol. The lowest BCUT2D eigenvalue weighted by molar-refractivity contribution is 0.0808. The highest BCUT2D eigenvalue weighted by molar-refractivity contribution is 5.95. The number of ether oxygens (including phenoxy) is 1. The van der Waals surface area contributed by atoms with Crippen LogP contribution >= 0.6 is 0 Å². The average Bonchev–Trinajstić information content (AvgIpc) is 2.90. The number of aromatic amines is 1. The fraction of sp³-hybridized carbons (Fsp3) is 0.643. The van der Waals surface area contributed by atoms with E-state index < -0.39 is 0 Å². The van der Waals surface area contributed by atoms with Crippen LogP contribution in [-0.2, 0) is 4.74 Å². The molecule has 4 heteroatoms. The molecule has 0 aromatic carbocycles. The first-order valence-electron chi connectivity index (χ1n) is 6.62. The van der Waals surface area contributed by atoms with E-state index in [1.54, 1.807) is 13.3 Å². The molecule has 18 heavy (non-hydrogen) atoms. The summed E-state index contributed by atoms with van der Waals surface area (Å²) in [5.41, 5.74) is 0.684. The van der Waals surface area contributed by atoms with Crippen LogP contribution in [0, 0.1) is 0 Å². The molecule has 1 aromatic rings. The van der Waals surface area contributed by atoms with E-state index in [0.29, 0.717) is 24.9 Å². The number of aromatic nitrogens is 1. The van der Waals surface area contributed by atoms with Crippen molar-refractivity contribution in [3.63, 3.8) is 0 Å². The molecule has 102 valence electrons. The molecule has 0 amide bonds. The molecule has 0 unspecified atom stereocenters. The highest BCUT2D eigenvalue weighted by Gasteiger charge is 2.19. The van der Waals surface area contributed by atoms with Crippen LogP contribution in [0.4, 0.5) is 0 Å². The van der Waals surface area contributed by atoms with Crippen LogP contribution in [0.5, 0.6) is 0 Å². The third kappa shape index (κ3) is 4.27. The van der Waals surface area contributed by atoms with Crippen LogP contribution in [-0.4, -0.2) is 48.5 Å². The van der Waals surface area contributed by atoms with Gasteiger partial charge in [0.15, 0.2) is 5.78 Å². The zero-order chi connectivity index (χ0) is 13.4. The molecule has 1 heterocycles. The molecule has 1 rings (SSSR count). The Kier molecular flexibility index (Phi) is 6.68. The van der Waals surface area contributed by atoms with Gasteiger partial charge in [-0.2, -0.15) is 0 Å². The van der Waals surface area contributed by atoms with E-state index in [0.717, 1.165) is 19.4 Å². The summed E-state index contributed by atoms with van der Waals surface area (Å²) < 4.78 is 5.12. The first kappa shape index (κ1) is 14.9. The molecule has 0 aliphatic rings. The fourth-order valence-corrected chi connectivity index (χ4v) is 2.18. The molecule has 0 atom stereocenters. The van der Waals surface area contributed by atoms with Crippen molar-refractivity contribution in [3.05, 3.63) is 24.0 Å². The number of rotatable bonds is 9. The molecular weight excluding hydrogens is 228 g/mol. The molecule has 0 saturated heterocycles. The molecule has 0 aliphatic carbocycles. The zero-order valence-electron chi connectivity index (χ0n) is 11.6. The van der Waals surface area contributed by atoms with Crippen LogP contribution in [0.3, 0.4) is 0 Å². The monoisotopic (exact) mass is 252 g/mol. The number of nitrogens with zero attached hydrogens (tertiary/aromatic N) is 1. The van der Waals surface area contributed by atoms with Gasteiger partial charge in [-0.3, -0.25) is 9.69 Å². The highest BCUT2D eigenvalue weighted by atomic mass is 16.5. The molecule has 0 spiro atoms. The Labute approximate surface area is 109 Å². The first-order valence-corrected chi connectivity index (χ1v) is 6.62. The molecule has 0 fully saturated rings. The van der Waals surface area contributed by atoms with Gasteiger partial charge >= 0.3 is 0 Å². The molecule has 4 nitrogen and oxygen atoms in total. The van der Waals surface area contributed by atoms with Gasteiger partial charge in [-0.05, 0) is 25.0 Å². The number of Topliss-reactive ketones (excluding diaryl/α,β-unsaturated/α-hetero) is 1. The molecule has 0 saturated carbocycles. The molecule has 1 N–H and O–H groups in total. The standard InChI is InChI=1S/C14H24N2O2/c1-4-12(5-2)16(9-10-18-3)11-14(17)13-7-6-8-15-13/h6-8,12,15H,4-5,9-11H2,1-3H3. The summed E-state index contributed by atoms with van der Waals surface area (Å²) in [6.07, 6.45) is 3.89. The number of hydrogen-bond acceptors (Lipinski definition) is 3. The van der Waals surface area contributed by atoms with E-state index in [4.69, 9.17) is 4.74 Å². The maximum Gasteiger partial charge on any atom is 0.192 e. The first-order chi connectivity index (χ1) is 8.72. The summed E-state index contributed by atoms with van der Waals surface area (Å²) in [5.74, 6) is 0.142. The summed E-state index contributed by atoms with van der Waals surface area (Å²) in [4.78, 5) is 17.3. The van der Waals surface area contributed by atoms with Gasteiger partial charge in [0.1, 0.15) is 0 Å². The second-order valence-electron chi connectivity index (χ2n) is 4.44. The maximum absolute atomic E-state index is 12.1. The largest absolute Gasteiger partial charge is 0.383 e. The van der Waals surface area contributed by atoms with Crippen molar-refractivity contribution in [1.82, 2.24) is 9.88 Å². The van der Waals surface area contributed by atoms with E-state index in [1.165, 1.54) is 0 Å². The minimum Gasteiger partial charge on any atom is -0.383 e. The van der Waals surface area contributed by atoms with Gasteiger partial charge in [0.05, 0.1) is 18.8 Å². The fourth-order valence-electron chi connectivity index (χ4n) is 2.18. The third-order valence-electron chi connectivity index (χ3n) is 3.29. The number of hydrogen-bond donors (Lipinski definition) is 1. The van der Waals surface area contributed by atoms with Gasteiger partial charge in [-0.15, -0.1) is 0 Å². The van der Waals surface area contributed by atoms with Crippen LogP contribution in [0.2, 0.25) is 0 Å². The van der Waals surface area contributed by atoms with E-state index in [9.17, 15) is 4.79 Å². The maximum atomic E-state index is 12.1. The van der Waals surface area contributed by atoms with Gasteiger partial charge in [0, 0.05) is 25.9 Å². The minimum absolute atomic E-state index is 0.142. The highest BCUT2D eigenvalue weighted by Crippen LogP contribution is 2.10. The zero-order valence-corrected chi connectivity index (χ0v) is 11.6. The normalized spacial score (nSPS) is 11.4. The van der Waals surface area contributed by atoms with Gasteiger partial charge in [-0.25, -0.2) is 0 Å². The van der Waals surface area contributed by atoms with Crippen molar-refractivity contribution in [3.8, 4) is 0 Å². The SMILES string of the molecule is CCC(CC)N(CCOC)CC(=O)c1ccc[nH]1. The number of carbonyl (C=O) groups excluding carboxylic acids is 1. The Morgan fingerprint density at radius 2 is 2.17 bits per heavy atom. The number of carbonyl (C=O) groups is 1. The predicted octanol–water partition coefficient (Wildman–Crippen LogP) is 2.33. The molecule has 0 radical (unpaired) electrons. The van der Waals surface area contributed by atoms with Crippen molar-refractivity contribution in [1.29, 1.82) is 0 Å². The van der Waals surface area contributed by atoms with Crippen molar-refractivity contribution >= 4 is 5.78 Å². The van der Waals surface area contributed by atoms with Crippen LogP contribution < -0.4 is 0 Å². The Hall–Kier alpha value is -1.13. The molecular formula is C14H24N2O2. The number of H-pyrrole nitrogens is 1. The summed E-state index contributed by atoms with van der Waals surface area (Å²) >= 11 is 0. The average molecular weight is 252 g/mol. The summed E-state index contributed by atoms with van der Waals surface area (Å²) in [5, 5.41) is 0. The van der Waals surface area contributed by atoms with Gasteiger partial charge in [0.25, 0.3) is 0 Å². The van der Waals surface area contributed by atoms with Crippen LogP contribution in [0.1, 0.15) is 37.2 Å². The smallest absolute Gasteiger partial charge is 0.192 e. The van der Waals surface area contributed by atoms with E-state index in [-0.39, 0.29) is 5.78 Å². The van der Waals surface area contributed by atoms with Crippen molar-refractivity contribution in [2.45, 2.75) is 32.7 Å². The Morgan fingerprint density at radius 1 is 1.44 bits per heavy atom. The molecule has 1 aromatic heterocycles. The number of ketones is 1.